The number of nitrogens with two attached hydrogens (primary N) is 1. The summed E-state index contributed by atoms with van der Waals surface area (Å²) in [5, 5.41) is 6.96. The van der Waals surface area contributed by atoms with Crippen LogP contribution in [0.25, 0.3) is 5.69 Å². The van der Waals surface area contributed by atoms with Crippen LogP contribution in [0, 0.1) is 13.8 Å². The summed E-state index contributed by atoms with van der Waals surface area (Å²) in [6.07, 6.45) is 3.15. The Kier molecular flexibility index (Phi) is 3.80. The molecule has 3 rings (SSSR count). The first-order chi connectivity index (χ1) is 11.1. The Morgan fingerprint density at radius 1 is 1.13 bits per heavy atom. The first kappa shape index (κ1) is 14.8. The minimum absolute atomic E-state index is 0.295. The third kappa shape index (κ3) is 2.91. The van der Waals surface area contributed by atoms with Crippen LogP contribution in [0.3, 0.4) is 0 Å². The lowest BCUT2D eigenvalue weighted by atomic mass is 10.2. The van der Waals surface area contributed by atoms with Crippen molar-refractivity contribution in [2.45, 2.75) is 13.8 Å². The number of rotatable bonds is 3. The molecule has 6 heteroatoms. The van der Waals surface area contributed by atoms with Gasteiger partial charge in [0.15, 0.2) is 0 Å². The molecular weight excluding hydrogens is 290 g/mol. The van der Waals surface area contributed by atoms with Crippen molar-refractivity contribution >= 4 is 17.5 Å². The van der Waals surface area contributed by atoms with Gasteiger partial charge in [-0.15, -0.1) is 0 Å². The second-order valence-electron chi connectivity index (χ2n) is 5.32. The zero-order chi connectivity index (χ0) is 16.4. The van der Waals surface area contributed by atoms with E-state index in [1.165, 1.54) is 6.20 Å². The van der Waals surface area contributed by atoms with Gasteiger partial charge in [-0.3, -0.25) is 4.79 Å². The summed E-state index contributed by atoms with van der Waals surface area (Å²) in [5.74, 6) is 0.436. The van der Waals surface area contributed by atoms with E-state index in [0.717, 1.165) is 16.8 Å². The maximum atomic E-state index is 12.4. The van der Waals surface area contributed by atoms with Gasteiger partial charge in [0.2, 0.25) is 0 Å². The van der Waals surface area contributed by atoms with Crippen LogP contribution in [0.5, 0.6) is 0 Å². The molecule has 0 radical (unpaired) electrons. The van der Waals surface area contributed by atoms with Crippen LogP contribution < -0.4 is 11.1 Å². The Hall–Kier alpha value is -3.15. The maximum absolute atomic E-state index is 12.4. The number of aryl methyl sites for hydroxylation is 2. The second-order valence-corrected chi connectivity index (χ2v) is 5.32. The fraction of sp³-hybridized carbons (Fsp3) is 0.118. The molecule has 116 valence electrons. The Morgan fingerprint density at radius 3 is 2.61 bits per heavy atom. The Morgan fingerprint density at radius 2 is 1.91 bits per heavy atom. The van der Waals surface area contributed by atoms with Gasteiger partial charge in [-0.2, -0.15) is 5.10 Å². The van der Waals surface area contributed by atoms with Crippen molar-refractivity contribution in [1.29, 1.82) is 0 Å². The number of carbonyl (C=O) groups excluding carboxylic acids is 1. The molecule has 0 saturated heterocycles. The van der Waals surface area contributed by atoms with Gasteiger partial charge in [0, 0.05) is 6.20 Å². The van der Waals surface area contributed by atoms with Crippen LogP contribution in [-0.4, -0.2) is 20.7 Å². The zero-order valence-electron chi connectivity index (χ0n) is 12.9. The largest absolute Gasteiger partial charge is 0.383 e. The normalized spacial score (nSPS) is 10.5. The molecule has 0 fully saturated rings. The summed E-state index contributed by atoms with van der Waals surface area (Å²) in [6.45, 7) is 3.90. The second kappa shape index (κ2) is 5.92. The predicted molar refractivity (Wildman–Crippen MR) is 89.6 cm³/mol. The molecule has 3 N–H and O–H groups in total. The molecule has 0 saturated carbocycles. The summed E-state index contributed by atoms with van der Waals surface area (Å²) < 4.78 is 1.56. The Labute approximate surface area is 134 Å². The summed E-state index contributed by atoms with van der Waals surface area (Å²) >= 11 is 0. The summed E-state index contributed by atoms with van der Waals surface area (Å²) in [7, 11) is 0. The van der Waals surface area contributed by atoms with E-state index in [9.17, 15) is 4.79 Å². The number of anilines is 2. The van der Waals surface area contributed by atoms with Gasteiger partial charge in [-0.05, 0) is 37.1 Å². The highest BCUT2D eigenvalue weighted by Crippen LogP contribution is 2.20. The van der Waals surface area contributed by atoms with E-state index in [4.69, 9.17) is 5.73 Å². The number of amides is 1. The fourth-order valence-electron chi connectivity index (χ4n) is 2.25. The van der Waals surface area contributed by atoms with Gasteiger partial charge in [0.05, 0.1) is 11.9 Å². The third-order valence-electron chi connectivity index (χ3n) is 3.55. The summed E-state index contributed by atoms with van der Waals surface area (Å²) in [5.41, 5.74) is 9.31. The van der Waals surface area contributed by atoms with Crippen LogP contribution in [0.15, 0.2) is 48.8 Å². The van der Waals surface area contributed by atoms with E-state index in [0.29, 0.717) is 17.2 Å². The van der Waals surface area contributed by atoms with Crippen molar-refractivity contribution in [3.05, 3.63) is 65.5 Å². The molecule has 0 unspecified atom stereocenters. The van der Waals surface area contributed by atoms with Gasteiger partial charge in [-0.25, -0.2) is 9.67 Å². The quantitative estimate of drug-likeness (QED) is 0.779. The number of para-hydroxylation sites is 1. The van der Waals surface area contributed by atoms with E-state index >= 15 is 0 Å². The van der Waals surface area contributed by atoms with Crippen molar-refractivity contribution < 1.29 is 4.79 Å². The number of nitrogens with zero attached hydrogens (tertiary/aromatic N) is 3. The van der Waals surface area contributed by atoms with E-state index in [-0.39, 0.29) is 5.91 Å². The molecule has 1 aromatic carbocycles. The van der Waals surface area contributed by atoms with E-state index < -0.39 is 0 Å². The number of hydrogen-bond acceptors (Lipinski definition) is 4. The highest BCUT2D eigenvalue weighted by Gasteiger charge is 2.17. The summed E-state index contributed by atoms with van der Waals surface area (Å²) in [4.78, 5) is 16.5. The molecule has 0 aliphatic carbocycles. The molecule has 0 atom stereocenters. The van der Waals surface area contributed by atoms with Crippen LogP contribution in [0.1, 0.15) is 21.5 Å². The minimum Gasteiger partial charge on any atom is -0.383 e. The Bertz CT molecular complexity index is 852. The molecule has 23 heavy (non-hydrogen) atoms. The Balaban J connectivity index is 1.88. The van der Waals surface area contributed by atoms with Crippen LogP contribution in [-0.2, 0) is 0 Å². The van der Waals surface area contributed by atoms with Gasteiger partial charge >= 0.3 is 0 Å². The highest BCUT2D eigenvalue weighted by molar-refractivity contribution is 6.06. The number of aromatic nitrogens is 3. The van der Waals surface area contributed by atoms with Gasteiger partial charge in [0.25, 0.3) is 5.91 Å². The first-order valence-corrected chi connectivity index (χ1v) is 7.20. The molecule has 2 heterocycles. The molecule has 2 aromatic heterocycles. The first-order valence-electron chi connectivity index (χ1n) is 7.20. The van der Waals surface area contributed by atoms with E-state index in [1.807, 2.05) is 44.2 Å². The third-order valence-corrected chi connectivity index (χ3v) is 3.55. The van der Waals surface area contributed by atoms with Gasteiger partial charge in [-0.1, -0.05) is 24.3 Å². The fourth-order valence-corrected chi connectivity index (χ4v) is 2.25. The van der Waals surface area contributed by atoms with Crippen molar-refractivity contribution in [2.24, 2.45) is 0 Å². The maximum Gasteiger partial charge on any atom is 0.262 e. The average Bonchev–Trinajstić information content (AvgIpc) is 2.92. The number of nitrogen functional groups attached to an aromatic ring is 1. The molecule has 0 bridgehead atoms. The van der Waals surface area contributed by atoms with Crippen LogP contribution in [0.2, 0.25) is 0 Å². The van der Waals surface area contributed by atoms with Crippen LogP contribution >= 0.6 is 0 Å². The predicted octanol–water partition coefficient (Wildman–Crippen LogP) is 2.72. The lowest BCUT2D eigenvalue weighted by molar-refractivity contribution is 0.102. The summed E-state index contributed by atoms with van der Waals surface area (Å²) in [6, 6.07) is 11.3. The zero-order valence-corrected chi connectivity index (χ0v) is 12.9. The standard InChI is InChI=1S/C17H17N5O/c1-11-7-8-15(19-9-11)21-17(23)13-10-20-22(16(13)18)14-6-4-3-5-12(14)2/h3-10H,18H2,1-2H3,(H,19,21,23). The number of pyridine rings is 1. The van der Waals surface area contributed by atoms with Gasteiger partial charge < -0.3 is 11.1 Å². The van der Waals surface area contributed by atoms with E-state index in [2.05, 4.69) is 15.4 Å². The molecule has 0 aliphatic rings. The molecule has 6 nitrogen and oxygen atoms in total. The topological polar surface area (TPSA) is 85.8 Å². The highest BCUT2D eigenvalue weighted by atomic mass is 16.1. The van der Waals surface area contributed by atoms with Gasteiger partial charge in [0.1, 0.15) is 17.2 Å². The van der Waals surface area contributed by atoms with Crippen molar-refractivity contribution in [1.82, 2.24) is 14.8 Å². The van der Waals surface area contributed by atoms with Crippen molar-refractivity contribution in [3.8, 4) is 5.69 Å². The number of benzene rings is 1. The molecular formula is C17H17N5O. The van der Waals surface area contributed by atoms with Crippen LogP contribution in [0.4, 0.5) is 11.6 Å². The average molecular weight is 307 g/mol. The lowest BCUT2D eigenvalue weighted by Crippen LogP contribution is -2.15. The van der Waals surface area contributed by atoms with Crippen molar-refractivity contribution in [2.75, 3.05) is 11.1 Å². The SMILES string of the molecule is Cc1ccc(NC(=O)c2cnn(-c3ccccc3C)c2N)nc1. The molecule has 3 aromatic rings. The minimum atomic E-state index is -0.335. The van der Waals surface area contributed by atoms with E-state index in [1.54, 1.807) is 16.9 Å². The molecule has 0 spiro atoms. The smallest absolute Gasteiger partial charge is 0.262 e. The number of carbonyl (C=O) groups is 1. The number of nitrogens with one attached hydrogen (secondary N) is 1. The monoisotopic (exact) mass is 307 g/mol. The van der Waals surface area contributed by atoms with Crippen molar-refractivity contribution in [3.63, 3.8) is 0 Å². The molecule has 0 aliphatic heterocycles. The number of hydrogen-bond donors (Lipinski definition) is 2. The lowest BCUT2D eigenvalue weighted by Gasteiger charge is -2.08. The molecule has 1 amide bonds.